The molecule has 0 heterocycles. The van der Waals surface area contributed by atoms with Crippen LogP contribution in [0.1, 0.15) is 19.8 Å². The minimum absolute atomic E-state index is 0.224. The highest BCUT2D eigenvalue weighted by Crippen LogP contribution is 2.21. The summed E-state index contributed by atoms with van der Waals surface area (Å²) in [5, 5.41) is 0. The molecule has 0 saturated heterocycles. The summed E-state index contributed by atoms with van der Waals surface area (Å²) in [4.78, 5) is 13.5. The molecule has 0 N–H and O–H groups in total. The Bertz CT molecular complexity index is 263. The molecule has 1 unspecified atom stereocenters. The molecule has 4 heteroatoms. The van der Waals surface area contributed by atoms with Crippen LogP contribution in [0.4, 0.5) is 0 Å². The summed E-state index contributed by atoms with van der Waals surface area (Å²) < 4.78 is 10.2. The highest BCUT2D eigenvalue weighted by atomic mass is 16.5. The fraction of sp³-hybridized carbons (Fsp3) is 0.750. The summed E-state index contributed by atoms with van der Waals surface area (Å²) in [6.45, 7) is 4.23. The molecule has 0 bridgehead atoms. The molecule has 1 aliphatic carbocycles. The van der Waals surface area contributed by atoms with Crippen LogP contribution < -0.4 is 0 Å². The molecule has 0 spiro atoms. The number of rotatable bonds is 7. The van der Waals surface area contributed by atoms with Crippen molar-refractivity contribution in [1.82, 2.24) is 4.90 Å². The van der Waals surface area contributed by atoms with Gasteiger partial charge in [-0.1, -0.05) is 0 Å². The summed E-state index contributed by atoms with van der Waals surface area (Å²) in [6.07, 6.45) is 3.23. The number of methoxy groups -OCH3 is 2. The summed E-state index contributed by atoms with van der Waals surface area (Å²) in [5.41, 5.74) is 1.12. The maximum atomic E-state index is 11.2. The molecule has 0 saturated carbocycles. The smallest absolute Gasteiger partial charge is 0.157 e. The van der Waals surface area contributed by atoms with Gasteiger partial charge in [0.15, 0.2) is 5.78 Å². The maximum Gasteiger partial charge on any atom is 0.157 e. The standard InChI is InChI=1S/C12H21NO3/c1-10(9-16-3)13(6-7-15-2)11-4-5-12(14)8-11/h8,10H,4-7,9H2,1-3H3. The van der Waals surface area contributed by atoms with Gasteiger partial charge in [-0.05, 0) is 13.3 Å². The molecule has 0 aromatic rings. The number of carbonyl (C=O) groups is 1. The van der Waals surface area contributed by atoms with Crippen LogP contribution in [0.2, 0.25) is 0 Å². The van der Waals surface area contributed by atoms with E-state index in [4.69, 9.17) is 9.47 Å². The molecular formula is C12H21NO3. The number of carbonyl (C=O) groups excluding carboxylic acids is 1. The fourth-order valence-electron chi connectivity index (χ4n) is 1.98. The lowest BCUT2D eigenvalue weighted by Crippen LogP contribution is -2.37. The van der Waals surface area contributed by atoms with E-state index in [-0.39, 0.29) is 11.8 Å². The van der Waals surface area contributed by atoms with Crippen molar-refractivity contribution in [3.8, 4) is 0 Å². The first-order valence-corrected chi connectivity index (χ1v) is 5.67. The third-order valence-corrected chi connectivity index (χ3v) is 2.80. The molecule has 16 heavy (non-hydrogen) atoms. The molecule has 4 nitrogen and oxygen atoms in total. The second kappa shape index (κ2) is 6.66. The summed E-state index contributed by atoms with van der Waals surface area (Å²) >= 11 is 0. The van der Waals surface area contributed by atoms with Crippen molar-refractivity contribution >= 4 is 5.78 Å². The average molecular weight is 227 g/mol. The van der Waals surface area contributed by atoms with Gasteiger partial charge in [-0.25, -0.2) is 0 Å². The van der Waals surface area contributed by atoms with Crippen molar-refractivity contribution < 1.29 is 14.3 Å². The predicted octanol–water partition coefficient (Wildman–Crippen LogP) is 1.22. The van der Waals surface area contributed by atoms with Crippen molar-refractivity contribution in [2.45, 2.75) is 25.8 Å². The van der Waals surface area contributed by atoms with Crippen LogP contribution in [0, 0.1) is 0 Å². The monoisotopic (exact) mass is 227 g/mol. The van der Waals surface area contributed by atoms with E-state index in [1.165, 1.54) is 0 Å². The Kier molecular flexibility index (Phi) is 5.49. The Hall–Kier alpha value is -0.870. The summed E-state index contributed by atoms with van der Waals surface area (Å²) in [5.74, 6) is 0.224. The van der Waals surface area contributed by atoms with E-state index < -0.39 is 0 Å². The molecule has 1 aliphatic rings. The number of hydrogen-bond acceptors (Lipinski definition) is 4. The quantitative estimate of drug-likeness (QED) is 0.655. The van der Waals surface area contributed by atoms with Gasteiger partial charge < -0.3 is 14.4 Å². The van der Waals surface area contributed by atoms with E-state index in [9.17, 15) is 4.79 Å². The van der Waals surface area contributed by atoms with Crippen LogP contribution in [0.3, 0.4) is 0 Å². The first kappa shape index (κ1) is 13.2. The minimum atomic E-state index is 0.224. The zero-order chi connectivity index (χ0) is 12.0. The lowest BCUT2D eigenvalue weighted by Gasteiger charge is -2.31. The normalized spacial score (nSPS) is 17.4. The zero-order valence-corrected chi connectivity index (χ0v) is 10.4. The lowest BCUT2D eigenvalue weighted by atomic mass is 10.2. The lowest BCUT2D eigenvalue weighted by molar-refractivity contribution is -0.114. The van der Waals surface area contributed by atoms with E-state index in [1.807, 2.05) is 0 Å². The van der Waals surface area contributed by atoms with E-state index in [0.29, 0.717) is 19.6 Å². The molecule has 1 rings (SSSR count). The molecule has 0 aliphatic heterocycles. The third-order valence-electron chi connectivity index (χ3n) is 2.80. The largest absolute Gasteiger partial charge is 0.383 e. The first-order chi connectivity index (χ1) is 7.69. The van der Waals surface area contributed by atoms with Gasteiger partial charge in [-0.2, -0.15) is 0 Å². The van der Waals surface area contributed by atoms with Gasteiger partial charge in [0.05, 0.1) is 13.2 Å². The van der Waals surface area contributed by atoms with Crippen molar-refractivity contribution in [2.24, 2.45) is 0 Å². The molecule has 0 fully saturated rings. The van der Waals surface area contributed by atoms with Gasteiger partial charge in [0.1, 0.15) is 0 Å². The van der Waals surface area contributed by atoms with Gasteiger partial charge in [0.25, 0.3) is 0 Å². The van der Waals surface area contributed by atoms with Crippen molar-refractivity contribution in [1.29, 1.82) is 0 Å². The SMILES string of the molecule is COCCN(C1=CC(=O)CC1)C(C)COC. The molecule has 0 aromatic carbocycles. The minimum Gasteiger partial charge on any atom is -0.383 e. The highest BCUT2D eigenvalue weighted by molar-refractivity contribution is 5.92. The van der Waals surface area contributed by atoms with Gasteiger partial charge in [-0.3, -0.25) is 4.79 Å². The van der Waals surface area contributed by atoms with Crippen LogP contribution in [-0.4, -0.2) is 50.7 Å². The molecule has 1 atom stereocenters. The second-order valence-electron chi connectivity index (χ2n) is 4.09. The van der Waals surface area contributed by atoms with Crippen molar-refractivity contribution in [3.05, 3.63) is 11.8 Å². The summed E-state index contributed by atoms with van der Waals surface area (Å²) in [7, 11) is 3.38. The van der Waals surface area contributed by atoms with Crippen LogP contribution in [0.5, 0.6) is 0 Å². The van der Waals surface area contributed by atoms with Crippen LogP contribution in [0.15, 0.2) is 11.8 Å². The summed E-state index contributed by atoms with van der Waals surface area (Å²) in [6, 6.07) is 0.275. The number of allylic oxidation sites excluding steroid dienone is 2. The van der Waals surface area contributed by atoms with Gasteiger partial charge in [0, 0.05) is 45.0 Å². The van der Waals surface area contributed by atoms with Gasteiger partial charge >= 0.3 is 0 Å². The van der Waals surface area contributed by atoms with Gasteiger partial charge in [-0.15, -0.1) is 0 Å². The van der Waals surface area contributed by atoms with E-state index >= 15 is 0 Å². The molecular weight excluding hydrogens is 206 g/mol. The average Bonchev–Trinajstić information content (AvgIpc) is 2.66. The molecule has 0 radical (unpaired) electrons. The van der Waals surface area contributed by atoms with Crippen molar-refractivity contribution in [3.63, 3.8) is 0 Å². The molecule has 92 valence electrons. The van der Waals surface area contributed by atoms with Crippen LogP contribution in [-0.2, 0) is 14.3 Å². The molecule has 0 amide bonds. The predicted molar refractivity (Wildman–Crippen MR) is 62.2 cm³/mol. The Morgan fingerprint density at radius 3 is 2.62 bits per heavy atom. The van der Waals surface area contributed by atoms with Crippen LogP contribution >= 0.6 is 0 Å². The first-order valence-electron chi connectivity index (χ1n) is 5.67. The molecule has 0 aromatic heterocycles. The van der Waals surface area contributed by atoms with Gasteiger partial charge in [0.2, 0.25) is 0 Å². The van der Waals surface area contributed by atoms with Crippen LogP contribution in [0.25, 0.3) is 0 Å². The number of ether oxygens (including phenoxy) is 2. The Labute approximate surface area is 97.2 Å². The highest BCUT2D eigenvalue weighted by Gasteiger charge is 2.21. The Morgan fingerprint density at radius 1 is 1.38 bits per heavy atom. The van der Waals surface area contributed by atoms with Crippen molar-refractivity contribution in [2.75, 3.05) is 34.0 Å². The fourth-order valence-corrected chi connectivity index (χ4v) is 1.98. The zero-order valence-electron chi connectivity index (χ0n) is 10.4. The maximum absolute atomic E-state index is 11.2. The van der Waals surface area contributed by atoms with E-state index in [0.717, 1.165) is 18.7 Å². The number of nitrogens with zero attached hydrogens (tertiary/aromatic N) is 1. The number of hydrogen-bond donors (Lipinski definition) is 0. The second-order valence-corrected chi connectivity index (χ2v) is 4.09. The van der Waals surface area contributed by atoms with E-state index in [2.05, 4.69) is 11.8 Å². The van der Waals surface area contributed by atoms with E-state index in [1.54, 1.807) is 20.3 Å². The Morgan fingerprint density at radius 2 is 2.12 bits per heavy atom. The number of ketones is 1. The topological polar surface area (TPSA) is 38.8 Å². The third kappa shape index (κ3) is 3.61. The Balaban J connectivity index is 2.62.